The number of rotatable bonds is 1. The molecule has 7 heteroatoms. The second-order valence-corrected chi connectivity index (χ2v) is 6.33. The highest BCUT2D eigenvalue weighted by Crippen LogP contribution is 2.39. The molecule has 1 aliphatic rings. The normalized spacial score (nSPS) is 13.5. The van der Waals surface area contributed by atoms with Gasteiger partial charge in [0.05, 0.1) is 28.5 Å². The molecule has 0 N–H and O–H groups in total. The Hall–Kier alpha value is -2.37. The van der Waals surface area contributed by atoms with E-state index in [1.807, 2.05) is 35.8 Å². The van der Waals surface area contributed by atoms with Crippen molar-refractivity contribution in [1.82, 2.24) is 14.8 Å². The standard InChI is InChI=1S/C17H12Cl2N4O/c1-10-20-21-16-9-17(24)23(13-5-3-2-4-12(13)19)15-8-11(18)6-7-14(15)22(10)16/h2-8H,9H2,1H3. The topological polar surface area (TPSA) is 51.0 Å². The van der Waals surface area contributed by atoms with Gasteiger partial charge in [-0.25, -0.2) is 0 Å². The fourth-order valence-corrected chi connectivity index (χ4v) is 3.33. The van der Waals surface area contributed by atoms with Crippen LogP contribution in [0.25, 0.3) is 5.69 Å². The zero-order chi connectivity index (χ0) is 16.8. The highest BCUT2D eigenvalue weighted by atomic mass is 35.5. The summed E-state index contributed by atoms with van der Waals surface area (Å²) in [6.45, 7) is 1.85. The minimum atomic E-state index is -0.141. The summed E-state index contributed by atoms with van der Waals surface area (Å²) in [6.07, 6.45) is 0.123. The molecule has 5 nitrogen and oxygen atoms in total. The smallest absolute Gasteiger partial charge is 0.239 e. The first-order valence-electron chi connectivity index (χ1n) is 7.34. The van der Waals surface area contributed by atoms with Crippen molar-refractivity contribution >= 4 is 40.5 Å². The van der Waals surface area contributed by atoms with Crippen LogP contribution in [0.3, 0.4) is 0 Å². The van der Waals surface area contributed by atoms with Gasteiger partial charge < -0.3 is 0 Å². The van der Waals surface area contributed by atoms with Crippen molar-refractivity contribution in [2.24, 2.45) is 0 Å². The third-order valence-electron chi connectivity index (χ3n) is 3.96. The molecule has 120 valence electrons. The van der Waals surface area contributed by atoms with Crippen molar-refractivity contribution in [3.05, 3.63) is 64.2 Å². The van der Waals surface area contributed by atoms with E-state index in [0.717, 1.165) is 5.69 Å². The van der Waals surface area contributed by atoms with Gasteiger partial charge in [-0.05, 0) is 37.3 Å². The molecule has 2 aromatic carbocycles. The van der Waals surface area contributed by atoms with Gasteiger partial charge in [0.2, 0.25) is 5.91 Å². The number of anilines is 2. The zero-order valence-electron chi connectivity index (χ0n) is 12.7. The molecule has 0 spiro atoms. The summed E-state index contributed by atoms with van der Waals surface area (Å²) in [7, 11) is 0. The van der Waals surface area contributed by atoms with Crippen LogP contribution in [0.2, 0.25) is 10.0 Å². The van der Waals surface area contributed by atoms with Crippen molar-refractivity contribution in [2.75, 3.05) is 4.90 Å². The highest BCUT2D eigenvalue weighted by molar-refractivity contribution is 6.34. The molecule has 24 heavy (non-hydrogen) atoms. The van der Waals surface area contributed by atoms with Crippen LogP contribution >= 0.6 is 23.2 Å². The van der Waals surface area contributed by atoms with Crippen LogP contribution in [0.5, 0.6) is 0 Å². The minimum Gasteiger partial charge on any atom is -0.281 e. The maximum Gasteiger partial charge on any atom is 0.239 e. The molecule has 4 rings (SSSR count). The van der Waals surface area contributed by atoms with Gasteiger partial charge >= 0.3 is 0 Å². The number of carbonyl (C=O) groups is 1. The Balaban J connectivity index is 2.04. The molecular formula is C17H12Cl2N4O. The Kier molecular flexibility index (Phi) is 3.55. The van der Waals surface area contributed by atoms with Gasteiger partial charge in [0, 0.05) is 5.02 Å². The van der Waals surface area contributed by atoms with Gasteiger partial charge in [0.1, 0.15) is 11.6 Å². The van der Waals surface area contributed by atoms with E-state index in [0.29, 0.717) is 33.1 Å². The SMILES string of the molecule is Cc1nnc2n1-c1ccc(Cl)cc1N(c1ccccc1Cl)C(=O)C2. The molecule has 0 unspecified atom stereocenters. The van der Waals surface area contributed by atoms with Gasteiger partial charge in [0.15, 0.2) is 0 Å². The van der Waals surface area contributed by atoms with E-state index in [1.54, 1.807) is 23.1 Å². The quantitative estimate of drug-likeness (QED) is 0.657. The van der Waals surface area contributed by atoms with Crippen molar-refractivity contribution in [2.45, 2.75) is 13.3 Å². The lowest BCUT2D eigenvalue weighted by molar-refractivity contribution is -0.117. The molecule has 0 bridgehead atoms. The van der Waals surface area contributed by atoms with Crippen molar-refractivity contribution in [1.29, 1.82) is 0 Å². The molecule has 0 radical (unpaired) electrons. The summed E-state index contributed by atoms with van der Waals surface area (Å²) in [5.74, 6) is 1.16. The number of hydrogen-bond acceptors (Lipinski definition) is 3. The molecule has 3 aromatic rings. The van der Waals surface area contributed by atoms with Gasteiger partial charge in [-0.3, -0.25) is 14.3 Å². The number of benzene rings is 2. The second kappa shape index (κ2) is 5.61. The van der Waals surface area contributed by atoms with Gasteiger partial charge in [-0.2, -0.15) is 0 Å². The summed E-state index contributed by atoms with van der Waals surface area (Å²) in [4.78, 5) is 14.6. The van der Waals surface area contributed by atoms with Crippen LogP contribution < -0.4 is 4.90 Å². The Morgan fingerprint density at radius 1 is 1.00 bits per heavy atom. The molecule has 2 heterocycles. The fourth-order valence-electron chi connectivity index (χ4n) is 2.94. The van der Waals surface area contributed by atoms with E-state index in [2.05, 4.69) is 10.2 Å². The van der Waals surface area contributed by atoms with Crippen molar-refractivity contribution in [3.8, 4) is 5.69 Å². The van der Waals surface area contributed by atoms with E-state index in [4.69, 9.17) is 23.2 Å². The summed E-state index contributed by atoms with van der Waals surface area (Å²) in [5, 5.41) is 9.26. The van der Waals surface area contributed by atoms with Gasteiger partial charge in [-0.1, -0.05) is 35.3 Å². The van der Waals surface area contributed by atoms with Crippen LogP contribution in [0.4, 0.5) is 11.4 Å². The number of amides is 1. The lowest BCUT2D eigenvalue weighted by Crippen LogP contribution is -2.27. The van der Waals surface area contributed by atoms with E-state index < -0.39 is 0 Å². The van der Waals surface area contributed by atoms with Crippen LogP contribution in [-0.4, -0.2) is 20.7 Å². The Bertz CT molecular complexity index is 967. The predicted octanol–water partition coefficient (Wildman–Crippen LogP) is 4.10. The van der Waals surface area contributed by atoms with Gasteiger partial charge in [0.25, 0.3) is 0 Å². The molecule has 0 atom stereocenters. The van der Waals surface area contributed by atoms with E-state index >= 15 is 0 Å². The second-order valence-electron chi connectivity index (χ2n) is 5.49. The van der Waals surface area contributed by atoms with Crippen LogP contribution in [-0.2, 0) is 11.2 Å². The lowest BCUT2D eigenvalue weighted by Gasteiger charge is -2.24. The number of aryl methyl sites for hydroxylation is 1. The third-order valence-corrected chi connectivity index (χ3v) is 4.52. The summed E-state index contributed by atoms with van der Waals surface area (Å²) >= 11 is 12.5. The molecule has 1 aliphatic heterocycles. The monoisotopic (exact) mass is 358 g/mol. The molecule has 1 aromatic heterocycles. The molecule has 0 aliphatic carbocycles. The largest absolute Gasteiger partial charge is 0.281 e. The van der Waals surface area contributed by atoms with E-state index in [-0.39, 0.29) is 12.3 Å². The Morgan fingerprint density at radius 3 is 2.58 bits per heavy atom. The number of hydrogen-bond donors (Lipinski definition) is 0. The predicted molar refractivity (Wildman–Crippen MR) is 93.4 cm³/mol. The minimum absolute atomic E-state index is 0.123. The number of fused-ring (bicyclic) bond motifs is 3. The number of aromatic nitrogens is 3. The number of carbonyl (C=O) groups excluding carboxylic acids is 1. The average molecular weight is 359 g/mol. The van der Waals surface area contributed by atoms with Crippen molar-refractivity contribution in [3.63, 3.8) is 0 Å². The Labute approximate surface area is 148 Å². The third kappa shape index (κ3) is 2.28. The van der Waals surface area contributed by atoms with Crippen molar-refractivity contribution < 1.29 is 4.79 Å². The average Bonchev–Trinajstić information content (AvgIpc) is 2.85. The highest BCUT2D eigenvalue weighted by Gasteiger charge is 2.30. The lowest BCUT2D eigenvalue weighted by atomic mass is 10.2. The molecule has 0 saturated heterocycles. The molecule has 1 amide bonds. The van der Waals surface area contributed by atoms with Crippen LogP contribution in [0.15, 0.2) is 42.5 Å². The maximum atomic E-state index is 13.0. The Morgan fingerprint density at radius 2 is 1.79 bits per heavy atom. The first-order chi connectivity index (χ1) is 11.6. The zero-order valence-corrected chi connectivity index (χ0v) is 14.2. The molecular weight excluding hydrogens is 347 g/mol. The maximum absolute atomic E-state index is 13.0. The fraction of sp³-hybridized carbons (Fsp3) is 0.118. The molecule has 0 saturated carbocycles. The first-order valence-corrected chi connectivity index (χ1v) is 8.10. The van der Waals surface area contributed by atoms with Crippen LogP contribution in [0, 0.1) is 6.92 Å². The summed E-state index contributed by atoms with van der Waals surface area (Å²) in [6, 6.07) is 12.6. The van der Waals surface area contributed by atoms with Crippen LogP contribution in [0.1, 0.15) is 11.6 Å². The molecule has 0 fully saturated rings. The first kappa shape index (κ1) is 15.2. The van der Waals surface area contributed by atoms with E-state index in [1.165, 1.54) is 0 Å². The summed E-state index contributed by atoms with van der Waals surface area (Å²) in [5.41, 5.74) is 2.06. The summed E-state index contributed by atoms with van der Waals surface area (Å²) < 4.78 is 1.88. The number of nitrogens with zero attached hydrogens (tertiary/aromatic N) is 4. The van der Waals surface area contributed by atoms with Gasteiger partial charge in [-0.15, -0.1) is 10.2 Å². The number of halogens is 2. The number of para-hydroxylation sites is 1. The van der Waals surface area contributed by atoms with E-state index in [9.17, 15) is 4.79 Å².